The maximum atomic E-state index is 6.01. The van der Waals surface area contributed by atoms with E-state index in [0.717, 1.165) is 13.2 Å². The van der Waals surface area contributed by atoms with Crippen LogP contribution < -0.4 is 4.57 Å². The molecule has 2 rings (SSSR count). The van der Waals surface area contributed by atoms with Crippen LogP contribution in [0, 0.1) is 0 Å². The first kappa shape index (κ1) is 24.7. The lowest BCUT2D eigenvalue weighted by Crippen LogP contribution is -2.38. The highest BCUT2D eigenvalue weighted by atomic mass is 32.2. The Bertz CT molecular complexity index is 481. The second-order valence-corrected chi connectivity index (χ2v) is 10.3. The van der Waals surface area contributed by atoms with E-state index in [1.807, 2.05) is 11.8 Å². The number of hydrogen-bond acceptors (Lipinski definition) is 2. The molecule has 0 N–H and O–H groups in total. The van der Waals surface area contributed by atoms with Crippen LogP contribution in [-0.4, -0.2) is 17.3 Å². The van der Waals surface area contributed by atoms with Crippen molar-refractivity contribution in [3.05, 3.63) is 30.6 Å². The Kier molecular flexibility index (Phi) is 14.6. The first-order valence-corrected chi connectivity index (χ1v) is 13.5. The summed E-state index contributed by atoms with van der Waals surface area (Å²) >= 11 is 2.05. The van der Waals surface area contributed by atoms with Crippen LogP contribution in [0.1, 0.15) is 110 Å². The number of rotatable bonds is 18. The van der Waals surface area contributed by atoms with Crippen LogP contribution in [0.25, 0.3) is 0 Å². The molecule has 0 spiro atoms. The summed E-state index contributed by atoms with van der Waals surface area (Å²) in [6, 6.07) is 6.29. The van der Waals surface area contributed by atoms with Crippen molar-refractivity contribution in [2.24, 2.45) is 0 Å². The van der Waals surface area contributed by atoms with Gasteiger partial charge in [-0.15, -0.1) is 11.8 Å². The molecule has 0 saturated carbocycles. The van der Waals surface area contributed by atoms with Gasteiger partial charge in [0, 0.05) is 12.1 Å². The number of aromatic nitrogens is 1. The summed E-state index contributed by atoms with van der Waals surface area (Å²) in [4.78, 5) is 0. The SMILES string of the molecule is CCCCCCCCCCCCCCCCCC1OCC(C[n+]2ccccc2)S1. The zero-order valence-electron chi connectivity index (χ0n) is 19.0. The third-order valence-electron chi connectivity index (χ3n) is 6.05. The molecule has 1 aliphatic rings. The molecule has 0 aromatic carbocycles. The zero-order valence-corrected chi connectivity index (χ0v) is 19.8. The van der Waals surface area contributed by atoms with E-state index < -0.39 is 0 Å². The molecule has 2 nitrogen and oxygen atoms in total. The first-order chi connectivity index (χ1) is 14.4. The van der Waals surface area contributed by atoms with Crippen LogP contribution in [-0.2, 0) is 11.3 Å². The summed E-state index contributed by atoms with van der Waals surface area (Å²) in [5, 5.41) is 0.615. The lowest BCUT2D eigenvalue weighted by Gasteiger charge is -2.08. The van der Waals surface area contributed by atoms with E-state index in [-0.39, 0.29) is 0 Å². The van der Waals surface area contributed by atoms with Gasteiger partial charge in [-0.1, -0.05) is 103 Å². The molecule has 3 heteroatoms. The van der Waals surface area contributed by atoms with Crippen LogP contribution in [0.4, 0.5) is 0 Å². The standard InChI is InChI=1S/C26H46NOS/c1-2-3-4-5-6-7-8-9-10-11-12-13-14-15-17-20-26-28-24-25(29-26)23-27-21-18-16-19-22-27/h16,18-19,21-22,25-26H,2-15,17,20,23-24H2,1H3/q+1. The molecule has 0 radical (unpaired) electrons. The molecular weight excluding hydrogens is 374 g/mol. The van der Waals surface area contributed by atoms with Crippen molar-refractivity contribution in [2.75, 3.05) is 6.61 Å². The van der Waals surface area contributed by atoms with Crippen molar-refractivity contribution in [1.29, 1.82) is 0 Å². The third kappa shape index (κ3) is 12.7. The van der Waals surface area contributed by atoms with Crippen LogP contribution in [0.15, 0.2) is 30.6 Å². The number of unbranched alkanes of at least 4 members (excludes halogenated alkanes) is 14. The molecule has 1 aromatic heterocycles. The van der Waals surface area contributed by atoms with E-state index >= 15 is 0 Å². The van der Waals surface area contributed by atoms with Gasteiger partial charge in [-0.3, -0.25) is 0 Å². The molecule has 1 aromatic rings. The zero-order chi connectivity index (χ0) is 20.4. The molecule has 1 aliphatic heterocycles. The fraction of sp³-hybridized carbons (Fsp3) is 0.808. The van der Waals surface area contributed by atoms with E-state index in [0.29, 0.717) is 10.7 Å². The highest BCUT2D eigenvalue weighted by Crippen LogP contribution is 2.31. The minimum atomic E-state index is 0.436. The van der Waals surface area contributed by atoms with Gasteiger partial charge in [0.25, 0.3) is 0 Å². The average Bonchev–Trinajstić information content (AvgIpc) is 3.19. The Labute approximate surface area is 185 Å². The van der Waals surface area contributed by atoms with Crippen LogP contribution in [0.2, 0.25) is 0 Å². The largest absolute Gasteiger partial charge is 0.366 e. The van der Waals surface area contributed by atoms with Crippen molar-refractivity contribution >= 4 is 11.8 Å². The molecular formula is C26H46NOS+. The summed E-state index contributed by atoms with van der Waals surface area (Å²) in [5.41, 5.74) is 0.436. The van der Waals surface area contributed by atoms with Crippen LogP contribution in [0.3, 0.4) is 0 Å². The number of ether oxygens (including phenoxy) is 1. The minimum Gasteiger partial charge on any atom is -0.366 e. The van der Waals surface area contributed by atoms with E-state index in [4.69, 9.17) is 4.74 Å². The quantitative estimate of drug-likeness (QED) is 0.178. The van der Waals surface area contributed by atoms with Gasteiger partial charge in [0.05, 0.1) is 11.9 Å². The summed E-state index contributed by atoms with van der Waals surface area (Å²) in [7, 11) is 0. The number of thioether (sulfide) groups is 1. The molecule has 2 unspecified atom stereocenters. The van der Waals surface area contributed by atoms with E-state index in [2.05, 4.69) is 42.1 Å². The Morgan fingerprint density at radius 2 is 1.24 bits per heavy atom. The van der Waals surface area contributed by atoms with Crippen LogP contribution >= 0.6 is 11.8 Å². The predicted octanol–water partition coefficient (Wildman–Crippen LogP) is 7.69. The topological polar surface area (TPSA) is 13.1 Å². The molecule has 2 atom stereocenters. The Morgan fingerprint density at radius 3 is 1.79 bits per heavy atom. The van der Waals surface area contributed by atoms with Gasteiger partial charge in [0.2, 0.25) is 0 Å². The lowest BCUT2D eigenvalue weighted by atomic mass is 10.0. The van der Waals surface area contributed by atoms with E-state index in [1.54, 1.807) is 0 Å². The van der Waals surface area contributed by atoms with Gasteiger partial charge in [-0.05, 0) is 12.8 Å². The first-order valence-electron chi connectivity index (χ1n) is 12.6. The lowest BCUT2D eigenvalue weighted by molar-refractivity contribution is -0.696. The smallest absolute Gasteiger partial charge is 0.168 e. The summed E-state index contributed by atoms with van der Waals surface area (Å²) in [6.07, 6.45) is 27.1. The Morgan fingerprint density at radius 1 is 0.724 bits per heavy atom. The molecule has 1 fully saturated rings. The van der Waals surface area contributed by atoms with Gasteiger partial charge in [0.1, 0.15) is 5.44 Å². The van der Waals surface area contributed by atoms with Crippen molar-refractivity contribution in [2.45, 2.75) is 127 Å². The summed E-state index contributed by atoms with van der Waals surface area (Å²) in [6.45, 7) is 4.28. The van der Waals surface area contributed by atoms with Gasteiger partial charge < -0.3 is 4.74 Å². The third-order valence-corrected chi connectivity index (χ3v) is 7.39. The normalized spacial score (nSPS) is 19.1. The maximum absolute atomic E-state index is 6.01. The Hall–Kier alpha value is -0.540. The van der Waals surface area contributed by atoms with Crippen molar-refractivity contribution in [3.8, 4) is 0 Å². The van der Waals surface area contributed by atoms with Gasteiger partial charge in [0.15, 0.2) is 18.9 Å². The highest BCUT2D eigenvalue weighted by Gasteiger charge is 2.28. The minimum absolute atomic E-state index is 0.436. The summed E-state index contributed by atoms with van der Waals surface area (Å²) < 4.78 is 8.28. The number of pyridine rings is 1. The summed E-state index contributed by atoms with van der Waals surface area (Å²) in [5.74, 6) is 0. The molecule has 1 saturated heterocycles. The van der Waals surface area contributed by atoms with E-state index in [9.17, 15) is 0 Å². The molecule has 29 heavy (non-hydrogen) atoms. The predicted molar refractivity (Wildman–Crippen MR) is 127 cm³/mol. The van der Waals surface area contributed by atoms with Gasteiger partial charge in [-0.2, -0.15) is 0 Å². The fourth-order valence-corrected chi connectivity index (χ4v) is 5.53. The second-order valence-electron chi connectivity index (χ2n) is 8.83. The van der Waals surface area contributed by atoms with Crippen molar-refractivity contribution in [1.82, 2.24) is 0 Å². The van der Waals surface area contributed by atoms with Crippen LogP contribution in [0.5, 0.6) is 0 Å². The van der Waals surface area contributed by atoms with Crippen molar-refractivity contribution in [3.63, 3.8) is 0 Å². The molecule has 0 bridgehead atoms. The second kappa shape index (κ2) is 17.2. The number of hydrogen-bond donors (Lipinski definition) is 0. The van der Waals surface area contributed by atoms with Gasteiger partial charge >= 0.3 is 0 Å². The molecule has 166 valence electrons. The van der Waals surface area contributed by atoms with Gasteiger partial charge in [-0.25, -0.2) is 4.57 Å². The van der Waals surface area contributed by atoms with E-state index in [1.165, 1.54) is 103 Å². The molecule has 2 heterocycles. The average molecular weight is 421 g/mol. The van der Waals surface area contributed by atoms with Crippen molar-refractivity contribution < 1.29 is 9.30 Å². The molecule has 0 amide bonds. The monoisotopic (exact) mass is 420 g/mol. The maximum Gasteiger partial charge on any atom is 0.168 e. The number of nitrogens with zero attached hydrogens (tertiary/aromatic N) is 1. The fourth-order valence-electron chi connectivity index (χ4n) is 4.23. The highest BCUT2D eigenvalue weighted by molar-refractivity contribution is 8.00. The Balaban J connectivity index is 1.31. The molecule has 0 aliphatic carbocycles.